The van der Waals surface area contributed by atoms with Crippen molar-refractivity contribution in [3.05, 3.63) is 41.1 Å². The Labute approximate surface area is 146 Å². The highest BCUT2D eigenvalue weighted by Gasteiger charge is 2.23. The van der Waals surface area contributed by atoms with E-state index in [1.807, 2.05) is 16.8 Å². The average Bonchev–Trinajstić information content (AvgIpc) is 3.28. The highest BCUT2D eigenvalue weighted by atomic mass is 16.5. The van der Waals surface area contributed by atoms with Gasteiger partial charge in [0.1, 0.15) is 17.6 Å². The van der Waals surface area contributed by atoms with Crippen LogP contribution in [0.3, 0.4) is 0 Å². The van der Waals surface area contributed by atoms with Gasteiger partial charge in [0.15, 0.2) is 5.69 Å². The van der Waals surface area contributed by atoms with Gasteiger partial charge in [-0.3, -0.25) is 9.58 Å². The molecule has 7 heteroatoms. The van der Waals surface area contributed by atoms with E-state index in [-0.39, 0.29) is 6.10 Å². The molecule has 0 amide bonds. The predicted molar refractivity (Wildman–Crippen MR) is 88.9 cm³/mol. The summed E-state index contributed by atoms with van der Waals surface area (Å²) in [6.45, 7) is 3.92. The number of carbonyl (C=O) groups excluding carboxylic acids is 1. The molecule has 1 fully saturated rings. The summed E-state index contributed by atoms with van der Waals surface area (Å²) >= 11 is 0. The topological polar surface area (TPSA) is 69.7 Å². The van der Waals surface area contributed by atoms with Gasteiger partial charge in [0, 0.05) is 19.7 Å². The van der Waals surface area contributed by atoms with Crippen LogP contribution in [0.15, 0.2) is 22.6 Å². The third-order valence-electron chi connectivity index (χ3n) is 4.83. The van der Waals surface area contributed by atoms with E-state index in [4.69, 9.17) is 13.9 Å². The summed E-state index contributed by atoms with van der Waals surface area (Å²) in [6, 6.07) is 5.88. The normalized spacial score (nSPS) is 21.1. The lowest BCUT2D eigenvalue weighted by molar-refractivity contribution is 0.000742. The molecule has 0 N–H and O–H groups in total. The van der Waals surface area contributed by atoms with Gasteiger partial charge in [-0.1, -0.05) is 0 Å². The number of carbonyl (C=O) groups is 1. The molecule has 0 saturated carbocycles. The Bertz CT molecular complexity index is 745. The Morgan fingerprint density at radius 2 is 2.28 bits per heavy atom. The second-order valence-corrected chi connectivity index (χ2v) is 6.61. The first-order chi connectivity index (χ1) is 12.2. The van der Waals surface area contributed by atoms with E-state index >= 15 is 0 Å². The minimum absolute atomic E-state index is 0.105. The molecule has 0 aromatic carbocycles. The van der Waals surface area contributed by atoms with Gasteiger partial charge >= 0.3 is 5.97 Å². The first-order valence-corrected chi connectivity index (χ1v) is 8.80. The van der Waals surface area contributed by atoms with E-state index in [1.54, 1.807) is 6.07 Å². The van der Waals surface area contributed by atoms with Crippen LogP contribution in [0.25, 0.3) is 0 Å². The van der Waals surface area contributed by atoms with Crippen LogP contribution in [0.1, 0.15) is 53.1 Å². The summed E-state index contributed by atoms with van der Waals surface area (Å²) in [4.78, 5) is 13.9. The molecule has 25 heavy (non-hydrogen) atoms. The van der Waals surface area contributed by atoms with Crippen LogP contribution < -0.4 is 0 Å². The summed E-state index contributed by atoms with van der Waals surface area (Å²) in [6.07, 6.45) is 3.47. The van der Waals surface area contributed by atoms with Crippen molar-refractivity contribution in [1.82, 2.24) is 14.7 Å². The maximum Gasteiger partial charge on any atom is 0.358 e. The van der Waals surface area contributed by atoms with Crippen molar-refractivity contribution in [2.45, 2.75) is 45.0 Å². The number of ether oxygens (including phenoxy) is 2. The Hall–Kier alpha value is -2.12. The molecule has 0 radical (unpaired) electrons. The van der Waals surface area contributed by atoms with Gasteiger partial charge in [-0.25, -0.2) is 4.79 Å². The molecule has 0 spiro atoms. The largest absolute Gasteiger partial charge is 0.464 e. The third kappa shape index (κ3) is 3.48. The van der Waals surface area contributed by atoms with E-state index < -0.39 is 5.97 Å². The van der Waals surface area contributed by atoms with Crippen LogP contribution in [0.4, 0.5) is 0 Å². The zero-order chi connectivity index (χ0) is 17.2. The number of methoxy groups -OCH3 is 1. The van der Waals surface area contributed by atoms with E-state index in [0.717, 1.165) is 62.8 Å². The van der Waals surface area contributed by atoms with Crippen molar-refractivity contribution < 1.29 is 18.7 Å². The molecule has 4 rings (SSSR count). The molecule has 1 atom stereocenters. The molecule has 134 valence electrons. The SMILES string of the molecule is COC(=O)c1cc2n(n1)CCN(Cc1ccc(C3CCCCO3)o1)C2. The standard InChI is InChI=1S/C18H23N3O4/c1-23-18(22)15-10-13-11-20(7-8-21(13)19-15)12-14-5-6-17(25-14)16-4-2-3-9-24-16/h5-6,10,16H,2-4,7-9,11-12H2,1H3. The second-order valence-electron chi connectivity index (χ2n) is 6.61. The molecule has 0 bridgehead atoms. The van der Waals surface area contributed by atoms with Crippen molar-refractivity contribution in [1.29, 1.82) is 0 Å². The fourth-order valence-electron chi connectivity index (χ4n) is 3.50. The van der Waals surface area contributed by atoms with Gasteiger partial charge in [0.2, 0.25) is 0 Å². The first kappa shape index (κ1) is 16.4. The van der Waals surface area contributed by atoms with Crippen LogP contribution in [0, 0.1) is 0 Å². The fraction of sp³-hybridized carbons (Fsp3) is 0.556. The Kier molecular flexibility index (Phi) is 4.59. The van der Waals surface area contributed by atoms with Crippen LogP contribution in [-0.4, -0.2) is 40.9 Å². The van der Waals surface area contributed by atoms with Crippen LogP contribution >= 0.6 is 0 Å². The Balaban J connectivity index is 1.40. The van der Waals surface area contributed by atoms with Gasteiger partial charge in [-0.2, -0.15) is 5.10 Å². The molecule has 4 heterocycles. The molecule has 0 aliphatic carbocycles. The molecular formula is C18H23N3O4. The number of aromatic nitrogens is 2. The van der Waals surface area contributed by atoms with Gasteiger partial charge in [0.25, 0.3) is 0 Å². The van der Waals surface area contributed by atoms with E-state index in [9.17, 15) is 4.79 Å². The molecule has 1 unspecified atom stereocenters. The number of hydrogen-bond acceptors (Lipinski definition) is 6. The molecule has 2 aliphatic heterocycles. The summed E-state index contributed by atoms with van der Waals surface area (Å²) in [5, 5.41) is 4.30. The Morgan fingerprint density at radius 1 is 1.36 bits per heavy atom. The van der Waals surface area contributed by atoms with Crippen molar-refractivity contribution >= 4 is 5.97 Å². The minimum Gasteiger partial charge on any atom is -0.464 e. The summed E-state index contributed by atoms with van der Waals surface area (Å²) < 4.78 is 18.4. The monoisotopic (exact) mass is 345 g/mol. The predicted octanol–water partition coefficient (Wildman–Crippen LogP) is 2.52. The smallest absolute Gasteiger partial charge is 0.358 e. The van der Waals surface area contributed by atoms with Crippen molar-refractivity contribution in [3.8, 4) is 0 Å². The lowest BCUT2D eigenvalue weighted by Gasteiger charge is -2.26. The highest BCUT2D eigenvalue weighted by Crippen LogP contribution is 2.29. The summed E-state index contributed by atoms with van der Waals surface area (Å²) in [5.74, 6) is 1.49. The molecular weight excluding hydrogens is 322 g/mol. The molecule has 7 nitrogen and oxygen atoms in total. The lowest BCUT2D eigenvalue weighted by atomic mass is 10.1. The quantitative estimate of drug-likeness (QED) is 0.793. The van der Waals surface area contributed by atoms with Crippen molar-refractivity contribution in [3.63, 3.8) is 0 Å². The Morgan fingerprint density at radius 3 is 3.08 bits per heavy atom. The fourth-order valence-corrected chi connectivity index (χ4v) is 3.50. The maximum atomic E-state index is 11.6. The number of esters is 1. The van der Waals surface area contributed by atoms with Crippen LogP contribution in [-0.2, 0) is 29.1 Å². The van der Waals surface area contributed by atoms with E-state index in [1.165, 1.54) is 13.5 Å². The third-order valence-corrected chi connectivity index (χ3v) is 4.83. The zero-order valence-electron chi connectivity index (χ0n) is 14.4. The van der Waals surface area contributed by atoms with Crippen molar-refractivity contribution in [2.24, 2.45) is 0 Å². The molecule has 1 saturated heterocycles. The first-order valence-electron chi connectivity index (χ1n) is 8.80. The highest BCUT2D eigenvalue weighted by molar-refractivity contribution is 5.87. The minimum atomic E-state index is -0.392. The van der Waals surface area contributed by atoms with Gasteiger partial charge in [-0.15, -0.1) is 0 Å². The molecule has 2 aliphatic rings. The van der Waals surface area contributed by atoms with Gasteiger partial charge < -0.3 is 13.9 Å². The van der Waals surface area contributed by atoms with Gasteiger partial charge in [0.05, 0.1) is 25.9 Å². The summed E-state index contributed by atoms with van der Waals surface area (Å²) in [7, 11) is 1.37. The number of furan rings is 1. The van der Waals surface area contributed by atoms with Gasteiger partial charge in [-0.05, 0) is 37.5 Å². The average molecular weight is 345 g/mol. The lowest BCUT2D eigenvalue weighted by Crippen LogP contribution is -2.33. The number of hydrogen-bond donors (Lipinski definition) is 0. The van der Waals surface area contributed by atoms with Crippen LogP contribution in [0.2, 0.25) is 0 Å². The van der Waals surface area contributed by atoms with Crippen LogP contribution in [0.5, 0.6) is 0 Å². The number of nitrogens with zero attached hydrogens (tertiary/aromatic N) is 3. The van der Waals surface area contributed by atoms with E-state index in [0.29, 0.717) is 5.69 Å². The molecule has 2 aromatic rings. The van der Waals surface area contributed by atoms with Crippen molar-refractivity contribution in [2.75, 3.05) is 20.3 Å². The maximum absolute atomic E-state index is 11.6. The summed E-state index contributed by atoms with van der Waals surface area (Å²) in [5.41, 5.74) is 1.39. The second kappa shape index (κ2) is 7.01. The zero-order valence-corrected chi connectivity index (χ0v) is 14.4. The number of rotatable bonds is 4. The number of fused-ring (bicyclic) bond motifs is 1. The van der Waals surface area contributed by atoms with E-state index in [2.05, 4.69) is 10.00 Å². The molecule has 2 aromatic heterocycles.